The van der Waals surface area contributed by atoms with E-state index in [9.17, 15) is 9.59 Å². The lowest BCUT2D eigenvalue weighted by atomic mass is 9.90. The van der Waals surface area contributed by atoms with Crippen molar-refractivity contribution in [1.29, 1.82) is 0 Å². The number of allylic oxidation sites excluding steroid dienone is 1. The normalized spacial score (nSPS) is 20.6. The number of nitrogens with zero attached hydrogens (tertiary/aromatic N) is 3. The number of methoxy groups -OCH3 is 1. The maximum absolute atomic E-state index is 12.9. The summed E-state index contributed by atoms with van der Waals surface area (Å²) in [6, 6.07) is 7.63. The van der Waals surface area contributed by atoms with Crippen LogP contribution in [0.4, 0.5) is 0 Å². The number of carbonyl (C=O) groups is 2. The Hall–Kier alpha value is -2.62. The summed E-state index contributed by atoms with van der Waals surface area (Å²) in [5, 5.41) is 5.80. The van der Waals surface area contributed by atoms with Crippen molar-refractivity contribution in [3.8, 4) is 0 Å². The van der Waals surface area contributed by atoms with Gasteiger partial charge in [-0.3, -0.25) is 9.69 Å². The first-order valence-electron chi connectivity index (χ1n) is 11.7. The van der Waals surface area contributed by atoms with E-state index in [4.69, 9.17) is 14.5 Å². The third-order valence-corrected chi connectivity index (χ3v) is 7.20. The van der Waals surface area contributed by atoms with E-state index in [1.165, 1.54) is 18.9 Å². The van der Waals surface area contributed by atoms with E-state index in [2.05, 4.69) is 10.2 Å². The number of hydrogen-bond donors (Lipinski definition) is 1. The van der Waals surface area contributed by atoms with Crippen LogP contribution in [-0.4, -0.2) is 73.3 Å². The van der Waals surface area contributed by atoms with Gasteiger partial charge in [0, 0.05) is 31.9 Å². The Bertz CT molecular complexity index is 1030. The summed E-state index contributed by atoms with van der Waals surface area (Å²) < 4.78 is 10.6. The predicted octanol–water partition coefficient (Wildman–Crippen LogP) is 2.97. The molecule has 1 N–H and O–H groups in total. The van der Waals surface area contributed by atoms with Gasteiger partial charge in [0.15, 0.2) is 5.17 Å². The molecule has 1 atom stereocenters. The van der Waals surface area contributed by atoms with Crippen molar-refractivity contribution in [3.05, 3.63) is 57.8 Å². The topological polar surface area (TPSA) is 83.5 Å². The van der Waals surface area contributed by atoms with Crippen LogP contribution in [0.25, 0.3) is 0 Å². The number of carbonyl (C=O) groups excluding carboxylic acids is 2. The minimum atomic E-state index is -0.390. The van der Waals surface area contributed by atoms with Crippen molar-refractivity contribution in [2.45, 2.75) is 32.7 Å². The van der Waals surface area contributed by atoms with Crippen LogP contribution >= 0.6 is 11.8 Å². The summed E-state index contributed by atoms with van der Waals surface area (Å²) in [5.74, 6) is -0.436. The zero-order valence-corrected chi connectivity index (χ0v) is 20.8. The van der Waals surface area contributed by atoms with E-state index in [0.29, 0.717) is 18.5 Å². The number of amides is 1. The molecule has 0 bridgehead atoms. The van der Waals surface area contributed by atoms with Gasteiger partial charge in [0.05, 0.1) is 44.1 Å². The van der Waals surface area contributed by atoms with Crippen LogP contribution < -0.4 is 5.32 Å². The molecule has 0 spiro atoms. The Kier molecular flexibility index (Phi) is 8.07. The first kappa shape index (κ1) is 24.5. The van der Waals surface area contributed by atoms with Gasteiger partial charge < -0.3 is 19.7 Å². The summed E-state index contributed by atoms with van der Waals surface area (Å²) in [6.45, 7) is 8.69. The SMILES string of the molecule is CCC1=C(C(=O)OC)[C@H](c2ccccc2C)N2C(CC(=O)NCCN3CCOCC3)=CSC2=N1. The highest BCUT2D eigenvalue weighted by atomic mass is 32.2. The monoisotopic (exact) mass is 484 g/mol. The van der Waals surface area contributed by atoms with Gasteiger partial charge >= 0.3 is 5.97 Å². The summed E-state index contributed by atoms with van der Waals surface area (Å²) >= 11 is 1.49. The molecule has 0 unspecified atom stereocenters. The van der Waals surface area contributed by atoms with E-state index in [1.54, 1.807) is 0 Å². The fourth-order valence-corrected chi connectivity index (χ4v) is 5.44. The number of thioether (sulfide) groups is 1. The van der Waals surface area contributed by atoms with Gasteiger partial charge in [-0.2, -0.15) is 0 Å². The Morgan fingerprint density at radius 2 is 2.03 bits per heavy atom. The maximum Gasteiger partial charge on any atom is 0.338 e. The number of amidine groups is 1. The molecule has 1 aromatic carbocycles. The average Bonchev–Trinajstić information content (AvgIpc) is 3.25. The van der Waals surface area contributed by atoms with Crippen LogP contribution in [0.2, 0.25) is 0 Å². The number of hydrogen-bond acceptors (Lipinski definition) is 8. The molecule has 3 aliphatic rings. The summed E-state index contributed by atoms with van der Waals surface area (Å²) in [6.07, 6.45) is 0.829. The molecule has 0 radical (unpaired) electrons. The van der Waals surface area contributed by atoms with E-state index in [-0.39, 0.29) is 18.3 Å². The summed E-state index contributed by atoms with van der Waals surface area (Å²) in [5.41, 5.74) is 4.16. The molecule has 0 aromatic heterocycles. The molecular formula is C25H32N4O4S. The number of fused-ring (bicyclic) bond motifs is 1. The van der Waals surface area contributed by atoms with Gasteiger partial charge in [-0.05, 0) is 29.9 Å². The number of ether oxygens (including phenoxy) is 2. The second-order valence-corrected chi connectivity index (χ2v) is 9.27. The number of benzene rings is 1. The zero-order valence-electron chi connectivity index (χ0n) is 20.0. The number of nitrogens with one attached hydrogen (secondary N) is 1. The Balaban J connectivity index is 1.55. The minimum Gasteiger partial charge on any atom is -0.466 e. The molecule has 182 valence electrons. The third-order valence-electron chi connectivity index (χ3n) is 6.31. The van der Waals surface area contributed by atoms with Gasteiger partial charge in [0.25, 0.3) is 0 Å². The molecule has 1 aromatic rings. The molecular weight excluding hydrogens is 452 g/mol. The van der Waals surface area contributed by atoms with Crippen molar-refractivity contribution in [1.82, 2.24) is 15.1 Å². The third kappa shape index (κ3) is 5.21. The van der Waals surface area contributed by atoms with Crippen molar-refractivity contribution in [2.75, 3.05) is 46.5 Å². The fourth-order valence-electron chi connectivity index (χ4n) is 4.51. The van der Waals surface area contributed by atoms with Crippen LogP contribution in [0.3, 0.4) is 0 Å². The lowest BCUT2D eigenvalue weighted by Crippen LogP contribution is -2.42. The van der Waals surface area contributed by atoms with Gasteiger partial charge in [0.1, 0.15) is 0 Å². The zero-order chi connectivity index (χ0) is 24.1. The molecule has 8 nitrogen and oxygen atoms in total. The smallest absolute Gasteiger partial charge is 0.338 e. The Labute approximate surface area is 205 Å². The molecule has 1 amide bonds. The largest absolute Gasteiger partial charge is 0.466 e. The highest BCUT2D eigenvalue weighted by molar-refractivity contribution is 8.16. The Morgan fingerprint density at radius 1 is 1.26 bits per heavy atom. The number of aryl methyl sites for hydroxylation is 1. The standard InChI is InChI=1S/C25H32N4O4S/c1-4-20-22(24(31)32-3)23(19-8-6-5-7-17(19)2)29-18(16-34-25(29)27-20)15-21(30)26-9-10-28-11-13-33-14-12-28/h5-8,16,23H,4,9-15H2,1-3H3,(H,26,30)/t23-/m0/s1. The molecule has 1 fully saturated rings. The quantitative estimate of drug-likeness (QED) is 0.568. The van der Waals surface area contributed by atoms with E-state index in [0.717, 1.165) is 60.5 Å². The van der Waals surface area contributed by atoms with E-state index in [1.807, 2.05) is 48.4 Å². The number of aliphatic imine (C=N–C) groups is 1. The van der Waals surface area contributed by atoms with E-state index >= 15 is 0 Å². The number of rotatable bonds is 8. The number of morpholine rings is 1. The molecule has 3 aliphatic heterocycles. The van der Waals surface area contributed by atoms with Crippen LogP contribution in [0.5, 0.6) is 0 Å². The van der Waals surface area contributed by atoms with Gasteiger partial charge in [-0.1, -0.05) is 43.0 Å². The molecule has 3 heterocycles. The highest BCUT2D eigenvalue weighted by Gasteiger charge is 2.41. The average molecular weight is 485 g/mol. The fraction of sp³-hybridized carbons (Fsp3) is 0.480. The Morgan fingerprint density at radius 3 is 2.74 bits per heavy atom. The van der Waals surface area contributed by atoms with Gasteiger partial charge in [-0.25, -0.2) is 9.79 Å². The highest BCUT2D eigenvalue weighted by Crippen LogP contribution is 2.46. The molecule has 9 heteroatoms. The molecule has 0 aliphatic carbocycles. The minimum absolute atomic E-state index is 0.0465. The molecule has 0 saturated carbocycles. The van der Waals surface area contributed by atoms with Gasteiger partial charge in [0.2, 0.25) is 5.91 Å². The first-order valence-corrected chi connectivity index (χ1v) is 12.6. The van der Waals surface area contributed by atoms with Crippen LogP contribution in [0.1, 0.15) is 36.9 Å². The van der Waals surface area contributed by atoms with E-state index < -0.39 is 6.04 Å². The summed E-state index contributed by atoms with van der Waals surface area (Å²) in [4.78, 5) is 34.9. The van der Waals surface area contributed by atoms with Crippen molar-refractivity contribution < 1.29 is 19.1 Å². The van der Waals surface area contributed by atoms with Crippen molar-refractivity contribution in [2.24, 2.45) is 4.99 Å². The van der Waals surface area contributed by atoms with Crippen molar-refractivity contribution >= 4 is 28.8 Å². The lowest BCUT2D eigenvalue weighted by molar-refractivity contribution is -0.136. The predicted molar refractivity (Wildman–Crippen MR) is 133 cm³/mol. The summed E-state index contributed by atoms with van der Waals surface area (Å²) in [7, 11) is 1.40. The second-order valence-electron chi connectivity index (χ2n) is 8.44. The first-order chi connectivity index (χ1) is 16.5. The number of esters is 1. The molecule has 34 heavy (non-hydrogen) atoms. The second kappa shape index (κ2) is 11.2. The van der Waals surface area contributed by atoms with Crippen molar-refractivity contribution in [3.63, 3.8) is 0 Å². The van der Waals surface area contributed by atoms with Gasteiger partial charge in [-0.15, -0.1) is 0 Å². The van der Waals surface area contributed by atoms with Crippen LogP contribution in [0, 0.1) is 6.92 Å². The lowest BCUT2D eigenvalue weighted by Gasteiger charge is -2.37. The molecule has 1 saturated heterocycles. The van der Waals surface area contributed by atoms with Crippen LogP contribution in [0.15, 0.2) is 51.6 Å². The van der Waals surface area contributed by atoms with Crippen LogP contribution in [-0.2, 0) is 19.1 Å². The maximum atomic E-state index is 12.9. The molecule has 4 rings (SSSR count).